The van der Waals surface area contributed by atoms with Crippen molar-refractivity contribution in [2.45, 2.75) is 37.8 Å². The minimum absolute atomic E-state index is 0.242. The zero-order chi connectivity index (χ0) is 29.3. The molecular formula is C29H30N8O2S3. The van der Waals surface area contributed by atoms with Gasteiger partial charge in [-0.1, -0.05) is 22.7 Å². The highest BCUT2D eigenvalue weighted by molar-refractivity contribution is 8.01. The number of aryl methyl sites for hydroxylation is 2. The van der Waals surface area contributed by atoms with Crippen LogP contribution in [-0.4, -0.2) is 36.4 Å². The van der Waals surface area contributed by atoms with Crippen LogP contribution in [-0.2, 0) is 9.53 Å². The molecule has 0 unspecified atom stereocenters. The van der Waals surface area contributed by atoms with Crippen LogP contribution >= 0.6 is 34.4 Å². The van der Waals surface area contributed by atoms with Crippen LogP contribution in [0.1, 0.15) is 30.9 Å². The molecule has 13 heteroatoms. The van der Waals surface area contributed by atoms with Gasteiger partial charge in [0.25, 0.3) is 0 Å². The predicted molar refractivity (Wildman–Crippen MR) is 170 cm³/mol. The van der Waals surface area contributed by atoms with Crippen molar-refractivity contribution in [2.75, 3.05) is 30.3 Å². The number of nitrogens with zero attached hydrogens (tertiary/aromatic N) is 8. The van der Waals surface area contributed by atoms with Gasteiger partial charge in [0.2, 0.25) is 5.13 Å². The molecule has 10 nitrogen and oxygen atoms in total. The van der Waals surface area contributed by atoms with Crippen LogP contribution in [0.25, 0.3) is 0 Å². The molecule has 216 valence electrons. The molecule has 5 rings (SSSR count). The van der Waals surface area contributed by atoms with Gasteiger partial charge < -0.3 is 9.64 Å². The molecule has 0 aliphatic carbocycles. The lowest BCUT2D eigenvalue weighted by molar-refractivity contribution is -0.139. The zero-order valence-corrected chi connectivity index (χ0v) is 26.0. The van der Waals surface area contributed by atoms with Gasteiger partial charge in [0.05, 0.1) is 50.5 Å². The molecule has 0 spiro atoms. The van der Waals surface area contributed by atoms with Gasteiger partial charge >= 0.3 is 5.97 Å². The number of benzene rings is 2. The van der Waals surface area contributed by atoms with Crippen molar-refractivity contribution < 1.29 is 9.53 Å². The number of esters is 1. The van der Waals surface area contributed by atoms with Crippen LogP contribution in [0.4, 0.5) is 37.9 Å². The van der Waals surface area contributed by atoms with Crippen LogP contribution in [0, 0.1) is 13.8 Å². The van der Waals surface area contributed by atoms with E-state index in [1.807, 2.05) is 56.3 Å². The smallest absolute Gasteiger partial charge is 0.316 e. The molecule has 3 heterocycles. The number of rotatable bonds is 11. The first kappa shape index (κ1) is 29.7. The number of thiazole rings is 1. The summed E-state index contributed by atoms with van der Waals surface area (Å²) in [7, 11) is 0. The van der Waals surface area contributed by atoms with Crippen molar-refractivity contribution in [1.82, 2.24) is 4.98 Å². The molecule has 0 saturated carbocycles. The normalized spacial score (nSPS) is 13.7. The molecule has 0 atom stereocenters. The van der Waals surface area contributed by atoms with E-state index < -0.39 is 0 Å². The van der Waals surface area contributed by atoms with Crippen molar-refractivity contribution in [3.05, 3.63) is 65.9 Å². The third-order valence-electron chi connectivity index (χ3n) is 6.25. The molecule has 2 aromatic heterocycles. The Morgan fingerprint density at radius 3 is 2.21 bits per heavy atom. The number of anilines is 1. The molecule has 1 fully saturated rings. The topological polar surface area (TPSA) is 117 Å². The number of carbonyl (C=O) groups excluding carboxylic acids is 1. The first-order valence-electron chi connectivity index (χ1n) is 13.5. The van der Waals surface area contributed by atoms with E-state index in [1.165, 1.54) is 40.9 Å². The van der Waals surface area contributed by atoms with Gasteiger partial charge in [-0.2, -0.15) is 10.2 Å². The lowest BCUT2D eigenvalue weighted by Gasteiger charge is -2.13. The molecule has 1 saturated heterocycles. The van der Waals surface area contributed by atoms with Crippen LogP contribution in [0.15, 0.2) is 89.6 Å². The molecule has 0 N–H and O–H groups in total. The quantitative estimate of drug-likeness (QED) is 0.0941. The molecule has 0 radical (unpaired) electrons. The van der Waals surface area contributed by atoms with Gasteiger partial charge in [0.15, 0.2) is 0 Å². The van der Waals surface area contributed by atoms with E-state index in [1.54, 1.807) is 24.5 Å². The maximum absolute atomic E-state index is 11.5. The fraction of sp³-hybridized carbons (Fsp3) is 0.310. The van der Waals surface area contributed by atoms with Crippen molar-refractivity contribution in [1.29, 1.82) is 0 Å². The number of thiophene rings is 1. The van der Waals surface area contributed by atoms with Crippen LogP contribution in [0.3, 0.4) is 0 Å². The summed E-state index contributed by atoms with van der Waals surface area (Å²) in [5.41, 5.74) is 4.85. The van der Waals surface area contributed by atoms with E-state index >= 15 is 0 Å². The summed E-state index contributed by atoms with van der Waals surface area (Å²) >= 11 is 4.42. The second kappa shape index (κ2) is 14.4. The average molecular weight is 619 g/mol. The summed E-state index contributed by atoms with van der Waals surface area (Å²) in [5, 5.41) is 29.0. The van der Waals surface area contributed by atoms with E-state index in [9.17, 15) is 4.79 Å². The third kappa shape index (κ3) is 8.14. The van der Waals surface area contributed by atoms with Gasteiger partial charge in [-0.15, -0.1) is 32.2 Å². The molecule has 1 aliphatic rings. The van der Waals surface area contributed by atoms with Crippen LogP contribution in [0.5, 0.6) is 0 Å². The summed E-state index contributed by atoms with van der Waals surface area (Å²) in [4.78, 5) is 18.2. The number of carbonyl (C=O) groups is 1. The fourth-order valence-corrected chi connectivity index (χ4v) is 6.58. The summed E-state index contributed by atoms with van der Waals surface area (Å²) < 4.78 is 5.83. The van der Waals surface area contributed by atoms with E-state index in [0.29, 0.717) is 23.1 Å². The highest BCUT2D eigenvalue weighted by Gasteiger charge is 2.14. The summed E-state index contributed by atoms with van der Waals surface area (Å²) in [6.07, 6.45) is 4.20. The third-order valence-corrected chi connectivity index (χ3v) is 9.33. The fourth-order valence-electron chi connectivity index (χ4n) is 4.12. The Morgan fingerprint density at radius 1 is 0.881 bits per heavy atom. The average Bonchev–Trinajstić information content (AvgIpc) is 3.76. The van der Waals surface area contributed by atoms with E-state index in [4.69, 9.17) is 4.74 Å². The minimum atomic E-state index is -0.249. The number of thioether (sulfide) groups is 1. The second-order valence-electron chi connectivity index (χ2n) is 9.40. The Morgan fingerprint density at radius 2 is 1.55 bits per heavy atom. The van der Waals surface area contributed by atoms with Gasteiger partial charge in [-0.3, -0.25) is 4.79 Å². The number of azo groups is 3. The van der Waals surface area contributed by atoms with Crippen LogP contribution < -0.4 is 4.90 Å². The lowest BCUT2D eigenvalue weighted by atomic mass is 10.2. The predicted octanol–water partition coefficient (Wildman–Crippen LogP) is 10.3. The summed E-state index contributed by atoms with van der Waals surface area (Å²) in [6, 6.07) is 15.5. The molecular weight excluding hydrogens is 589 g/mol. The Labute approximate surface area is 256 Å². The highest BCUT2D eigenvalue weighted by atomic mass is 32.2. The van der Waals surface area contributed by atoms with Gasteiger partial charge in [-0.25, -0.2) is 4.98 Å². The molecule has 0 bridgehead atoms. The molecule has 42 heavy (non-hydrogen) atoms. The van der Waals surface area contributed by atoms with Crippen molar-refractivity contribution in [3.8, 4) is 0 Å². The molecule has 0 amide bonds. The van der Waals surface area contributed by atoms with E-state index in [0.717, 1.165) is 44.8 Å². The van der Waals surface area contributed by atoms with Gasteiger partial charge in [0, 0.05) is 13.1 Å². The monoisotopic (exact) mass is 618 g/mol. The minimum Gasteiger partial charge on any atom is -0.465 e. The zero-order valence-electron chi connectivity index (χ0n) is 23.6. The van der Waals surface area contributed by atoms with Crippen molar-refractivity contribution in [2.24, 2.45) is 30.7 Å². The Kier molecular flexibility index (Phi) is 10.2. The van der Waals surface area contributed by atoms with E-state index in [-0.39, 0.29) is 11.7 Å². The molecule has 2 aromatic carbocycles. The SMILES string of the molecule is CCOC(=O)CSc1cnc(N=Nc2ccc(N=Nc3ccc(N=Nc4ccc(N5CCCC5)s4)cc3C)cc2C)s1. The second-order valence-corrected chi connectivity index (χ2v) is 12.7. The summed E-state index contributed by atoms with van der Waals surface area (Å²) in [5.74, 6) is -0.00659. The van der Waals surface area contributed by atoms with Crippen molar-refractivity contribution >= 4 is 78.3 Å². The van der Waals surface area contributed by atoms with Gasteiger partial charge in [-0.05, 0) is 93.3 Å². The Bertz CT molecular complexity index is 1620. The van der Waals surface area contributed by atoms with Crippen LogP contribution in [0.2, 0.25) is 0 Å². The Balaban J connectivity index is 1.17. The first-order valence-corrected chi connectivity index (χ1v) is 16.1. The maximum atomic E-state index is 11.5. The number of ether oxygens (including phenoxy) is 1. The van der Waals surface area contributed by atoms with Crippen molar-refractivity contribution in [3.63, 3.8) is 0 Å². The van der Waals surface area contributed by atoms with E-state index in [2.05, 4.69) is 46.6 Å². The van der Waals surface area contributed by atoms with Gasteiger partial charge in [0.1, 0.15) is 5.00 Å². The molecule has 4 aromatic rings. The maximum Gasteiger partial charge on any atom is 0.316 e. The summed E-state index contributed by atoms with van der Waals surface area (Å²) in [6.45, 7) is 8.33. The Hall–Kier alpha value is -3.81. The standard InChI is InChI=1S/C29H30N8O2S3/c1-4-39-27(38)18-40-28-17-30-29(42-28)36-34-24-10-7-21(15-20(24)3)31-33-23-9-8-22(16-19(23)2)32-35-25-11-12-26(41-25)37-13-5-6-14-37/h7-12,15-17H,4-6,13-14,18H2,1-3H3. The first-order chi connectivity index (χ1) is 20.5. The number of hydrogen-bond donors (Lipinski definition) is 0. The largest absolute Gasteiger partial charge is 0.465 e. The number of hydrogen-bond acceptors (Lipinski definition) is 13. The molecule has 1 aliphatic heterocycles. The highest BCUT2D eigenvalue weighted by Crippen LogP contribution is 2.36. The number of aromatic nitrogens is 1. The lowest BCUT2D eigenvalue weighted by Crippen LogP contribution is -2.15.